The molecule has 0 saturated heterocycles. The third-order valence-corrected chi connectivity index (χ3v) is 16.5. The second-order valence-corrected chi connectivity index (χ2v) is 26.3. The van der Waals surface area contributed by atoms with Gasteiger partial charge < -0.3 is 42.7 Å². The van der Waals surface area contributed by atoms with Gasteiger partial charge in [0.2, 0.25) is 23.4 Å². The van der Waals surface area contributed by atoms with Crippen LogP contribution in [0, 0.1) is 249 Å². The Kier molecular flexibility index (Phi) is 83.8. The number of unbranched alkanes of at least 4 members (excludes halogenated alkanes) is 18. The van der Waals surface area contributed by atoms with Crippen molar-refractivity contribution in [2.45, 2.75) is 189 Å². The fraction of sp³-hybridized carbons (Fsp3) is 0.330. The van der Waals surface area contributed by atoms with E-state index in [4.69, 9.17) is 21.2 Å². The Balaban J connectivity index is -0.000000793. The number of nitrogens with zero attached hydrogens (tertiary/aromatic N) is 2. The van der Waals surface area contributed by atoms with E-state index in [9.17, 15) is 33.9 Å². The van der Waals surface area contributed by atoms with E-state index < -0.39 is 11.8 Å². The Labute approximate surface area is 830 Å². The SMILES string of the molecule is C#CC#CC#CC#CC#CC#CC#CC#CC#CC#CC#CC#CC#CC#CC#CC#CC#CC#CC#CC#CC#CC.CC(=O)Nc1nc2c(O)cccc2s1.CCC(=O)C(=O)NCCCC/C=C\CCCCCCCCCI.CCC(=O)C(=O)NCCCC/C=C\CCCCCCCCCOc1cccc2sc(NC(C)=O)nc12.O=CO[O-].[H-].[K+].[K+]. The van der Waals surface area contributed by atoms with Crippen LogP contribution in [0.5, 0.6) is 11.5 Å². The molecule has 2 heterocycles. The molecule has 0 saturated carbocycles. The van der Waals surface area contributed by atoms with Crippen molar-refractivity contribution in [2.75, 3.05) is 34.8 Å². The zero-order valence-corrected chi connectivity index (χ0v) is 79.9. The van der Waals surface area contributed by atoms with Crippen molar-refractivity contribution in [3.05, 3.63) is 60.7 Å². The molecule has 0 aliphatic carbocycles. The number of carbonyl (C=O) groups is 7. The Morgan fingerprint density at radius 3 is 1.03 bits per heavy atom. The molecule has 22 heteroatoms. The Bertz CT molecular complexity index is 5590. The van der Waals surface area contributed by atoms with Gasteiger partial charge in [-0.05, 0) is 207 Å². The number of fused-ring (bicyclic) bond motifs is 2. The van der Waals surface area contributed by atoms with Gasteiger partial charge in [-0.15, -0.1) is 6.42 Å². The summed E-state index contributed by atoms with van der Waals surface area (Å²) in [5.74, 6) is 101. The van der Waals surface area contributed by atoms with Crippen LogP contribution in [0.4, 0.5) is 10.3 Å². The van der Waals surface area contributed by atoms with Crippen molar-refractivity contribution in [2.24, 2.45) is 0 Å². The fourth-order valence-electron chi connectivity index (χ4n) is 8.48. The molecule has 2 aromatic carbocycles. The molecular weight excluding hydrogens is 1730 g/mol. The largest absolute Gasteiger partial charge is 1.00 e. The average Bonchev–Trinajstić information content (AvgIpc) is 1.78. The van der Waals surface area contributed by atoms with Crippen molar-refractivity contribution in [3.63, 3.8) is 0 Å². The zero-order valence-electron chi connectivity index (χ0n) is 70.8. The van der Waals surface area contributed by atoms with Gasteiger partial charge >= 0.3 is 103 Å². The second kappa shape index (κ2) is 89.0. The molecule has 606 valence electrons. The van der Waals surface area contributed by atoms with Crippen LogP contribution in [0.25, 0.3) is 20.4 Å². The smallest absolute Gasteiger partial charge is 1.00 e. The minimum absolute atomic E-state index is 0. The van der Waals surface area contributed by atoms with E-state index in [1.54, 1.807) is 32.9 Å². The maximum Gasteiger partial charge on any atom is 1.00 e. The first-order chi connectivity index (χ1) is 58.7. The van der Waals surface area contributed by atoms with Gasteiger partial charge in [0.1, 0.15) is 22.5 Å². The number of aromatic hydroxyl groups is 1. The van der Waals surface area contributed by atoms with E-state index in [1.807, 2.05) is 24.3 Å². The molecule has 4 rings (SSSR count). The number of terminal acetylenes is 1. The molecular formula is C100H89IK2N6O11S2. The molecule has 0 bridgehead atoms. The van der Waals surface area contributed by atoms with E-state index in [0.29, 0.717) is 35.5 Å². The summed E-state index contributed by atoms with van der Waals surface area (Å²) in [6, 6.07) is 11.0. The summed E-state index contributed by atoms with van der Waals surface area (Å²) in [6.45, 7) is 9.68. The monoisotopic (exact) mass is 1820 g/mol. The van der Waals surface area contributed by atoms with Crippen molar-refractivity contribution in [1.29, 1.82) is 0 Å². The van der Waals surface area contributed by atoms with E-state index in [1.165, 1.54) is 124 Å². The van der Waals surface area contributed by atoms with Gasteiger partial charge in [0, 0.05) is 182 Å². The van der Waals surface area contributed by atoms with Crippen molar-refractivity contribution < 1.29 is 158 Å². The van der Waals surface area contributed by atoms with Crippen LogP contribution >= 0.6 is 45.3 Å². The first kappa shape index (κ1) is 115. The number of hydrogen-bond donors (Lipinski definition) is 5. The molecule has 5 N–H and O–H groups in total. The minimum Gasteiger partial charge on any atom is -1.00 e. The fourth-order valence-corrected chi connectivity index (χ4v) is 10.9. The number of allylic oxidation sites excluding steroid dienone is 4. The summed E-state index contributed by atoms with van der Waals surface area (Å²) in [5, 5.41) is 29.6. The van der Waals surface area contributed by atoms with Crippen molar-refractivity contribution in [1.82, 2.24) is 20.6 Å². The minimum atomic E-state index is -0.454. The molecule has 0 aliphatic rings. The number of alkyl halides is 1. The number of amides is 4. The van der Waals surface area contributed by atoms with Crippen LogP contribution < -0.4 is 134 Å². The first-order valence-electron chi connectivity index (χ1n) is 38.0. The van der Waals surface area contributed by atoms with E-state index in [0.717, 1.165) is 78.5 Å². The number of anilines is 2. The molecule has 122 heavy (non-hydrogen) atoms. The molecule has 0 aliphatic heterocycles. The molecule has 2 aromatic heterocycles. The number of nitrogens with one attached hydrogen (secondary N) is 4. The van der Waals surface area contributed by atoms with Crippen LogP contribution in [-0.2, 0) is 38.4 Å². The summed E-state index contributed by atoms with van der Waals surface area (Å²) in [5.41, 5.74) is 1.34. The normalized spacial score (nSPS) is 8.11. The van der Waals surface area contributed by atoms with Crippen LogP contribution in [0.3, 0.4) is 0 Å². The van der Waals surface area contributed by atoms with Gasteiger partial charge in [-0.2, -0.15) is 0 Å². The second-order valence-electron chi connectivity index (χ2n) is 23.2. The number of Topliss-reactive ketones (excluding diaryl/α,β-unsaturated/α-hetero) is 2. The third-order valence-electron chi connectivity index (χ3n) is 13.9. The van der Waals surface area contributed by atoms with Crippen LogP contribution in [-0.4, -0.2) is 80.9 Å². The van der Waals surface area contributed by atoms with E-state index in [-0.39, 0.29) is 153 Å². The molecule has 4 amide bonds. The zero-order chi connectivity index (χ0) is 87.7. The van der Waals surface area contributed by atoms with Gasteiger partial charge in [-0.1, -0.05) is 166 Å². The predicted molar refractivity (Wildman–Crippen MR) is 489 cm³/mol. The predicted octanol–water partition coefficient (Wildman–Crippen LogP) is 7.16. The number of phenols is 1. The summed E-state index contributed by atoms with van der Waals surface area (Å²) >= 11 is 5.25. The summed E-state index contributed by atoms with van der Waals surface area (Å²) in [7, 11) is 0. The number of ether oxygens (including phenoxy) is 1. The van der Waals surface area contributed by atoms with Crippen molar-refractivity contribution in [3.8, 4) is 261 Å². The maximum absolute atomic E-state index is 11.3. The third kappa shape index (κ3) is 73.8. The molecule has 0 unspecified atom stereocenters. The number of para-hydroxylation sites is 2. The summed E-state index contributed by atoms with van der Waals surface area (Å²) < 4.78 is 9.13. The number of rotatable bonds is 37. The van der Waals surface area contributed by atoms with Crippen LogP contribution in [0.15, 0.2) is 60.7 Å². The Hall–Kier alpha value is -11.3. The number of carbonyl (C=O) groups excluding carboxylic acids is 7. The number of aromatic nitrogens is 2. The summed E-state index contributed by atoms with van der Waals surface area (Å²) in [6.07, 6.45) is 40.9. The number of halogens is 1. The quantitative estimate of drug-likeness (QED) is 0.00287. The van der Waals surface area contributed by atoms with Crippen molar-refractivity contribution >= 4 is 118 Å². The van der Waals surface area contributed by atoms with Gasteiger partial charge in [0.15, 0.2) is 10.3 Å². The van der Waals surface area contributed by atoms with Crippen LogP contribution in [0.2, 0.25) is 0 Å². The Morgan fingerprint density at radius 1 is 0.443 bits per heavy atom. The number of benzene rings is 2. The number of thiazole rings is 2. The van der Waals surface area contributed by atoms with Gasteiger partial charge in [-0.3, -0.25) is 33.6 Å². The molecule has 0 radical (unpaired) electrons. The van der Waals surface area contributed by atoms with Gasteiger partial charge in [0.05, 0.1) is 16.0 Å². The van der Waals surface area contributed by atoms with E-state index >= 15 is 0 Å². The summed E-state index contributed by atoms with van der Waals surface area (Å²) in [4.78, 5) is 86.7. The van der Waals surface area contributed by atoms with Gasteiger partial charge in [0.25, 0.3) is 18.3 Å². The average molecular weight is 1820 g/mol. The topological polar surface area (TPSA) is 255 Å². The standard InChI is InChI=1S/C43H4.C28H41N3O4S.C19H34INO2.C9H8N2O2S.CH2O3.2K.H/c1-3-5-7-9-11-13-15-17-19-21-23-25-27-29-31-33-35-37-39-41-43-42-40-38-36-34-32-30-28-26-24-22-20-18-16-14-12-10-8-6-4-2;1-3-23(33)27(34)29-20-15-13-11-9-7-5-4-6-8-10-12-14-16-21-35-24-18-17-19-25-26(24)31-28(36-25)30-22(2)32;1-2-18(22)19(23)21-17-15-13-11-9-7-5-3-4-6-8-10-12-14-16-20;1-5(12)10-9-11-8-6(13)3-2-4-7(8)14-9;2-1-4-3;;;/h1H,2H3;7,9,17-19H,3-6,8,10-16,20-21H2,1-2H3,(H,29,34)(H,30,31,32);7,9H,2-6,8,10-17H2,1H3,(H,21,23);2-4,13H,1H3,(H,10,11,12);1,3H;;;/q;;;;;2*+1;-1/p-1/b;2*9-7-;;;;;. The Morgan fingerprint density at radius 2 is 0.730 bits per heavy atom. The number of hydrogen-bond acceptors (Lipinski definition) is 15. The first-order valence-corrected chi connectivity index (χ1v) is 41.1. The molecule has 0 spiro atoms. The molecule has 0 atom stereocenters. The van der Waals surface area contributed by atoms with E-state index in [2.05, 4.69) is 326 Å². The number of ketones is 2. The van der Waals surface area contributed by atoms with Gasteiger partial charge in [-0.25, -0.2) is 9.97 Å². The molecule has 0 fully saturated rings. The van der Waals surface area contributed by atoms with Crippen LogP contribution in [0.1, 0.15) is 190 Å². The molecule has 17 nitrogen and oxygen atoms in total. The molecule has 4 aromatic rings. The number of phenolic OH excluding ortho intramolecular Hbond substituents is 1. The maximum atomic E-state index is 11.3.